The summed E-state index contributed by atoms with van der Waals surface area (Å²) in [4.78, 5) is 4.33. The third kappa shape index (κ3) is 1.77. The average molecular weight is 206 g/mol. The number of rotatable bonds is 1. The fraction of sp³-hybridized carbons (Fsp3) is 0.364. The summed E-state index contributed by atoms with van der Waals surface area (Å²) in [6, 6.07) is 8.89. The minimum Gasteiger partial charge on any atom is -0.379 e. The van der Waals surface area contributed by atoms with Gasteiger partial charge < -0.3 is 5.73 Å². The number of nitrogens with zero attached hydrogens (tertiary/aromatic N) is 1. The Bertz CT molecular complexity index is 356. The van der Waals surface area contributed by atoms with Gasteiger partial charge in [0.1, 0.15) is 0 Å². The van der Waals surface area contributed by atoms with Crippen LogP contribution >= 0.6 is 11.8 Å². The summed E-state index contributed by atoms with van der Waals surface area (Å²) in [7, 11) is 0. The molecule has 0 fully saturated rings. The zero-order chi connectivity index (χ0) is 10.1. The van der Waals surface area contributed by atoms with E-state index in [1.54, 1.807) is 11.8 Å². The molecule has 0 saturated heterocycles. The van der Waals surface area contributed by atoms with Gasteiger partial charge in [-0.3, -0.25) is 4.99 Å². The summed E-state index contributed by atoms with van der Waals surface area (Å²) in [6.45, 7) is 4.21. The molecule has 0 bridgehead atoms. The van der Waals surface area contributed by atoms with Crippen molar-refractivity contribution in [2.45, 2.75) is 25.1 Å². The molecule has 0 saturated carbocycles. The Kier molecular flexibility index (Phi) is 2.50. The lowest BCUT2D eigenvalue weighted by molar-refractivity contribution is 0.739. The smallest absolute Gasteiger partial charge is 0.154 e. The Balaban J connectivity index is 2.21. The second kappa shape index (κ2) is 3.65. The fourth-order valence-corrected chi connectivity index (χ4v) is 2.67. The van der Waals surface area contributed by atoms with Gasteiger partial charge in [0.15, 0.2) is 5.17 Å². The van der Waals surface area contributed by atoms with Crippen LogP contribution < -0.4 is 5.73 Å². The largest absolute Gasteiger partial charge is 0.379 e. The molecule has 1 aliphatic heterocycles. The Morgan fingerprint density at radius 1 is 1.29 bits per heavy atom. The van der Waals surface area contributed by atoms with Crippen LogP contribution in [0.4, 0.5) is 0 Å². The SMILES string of the molecule is Cc1ccc([C@H]2SC(N)=N[C@@H]2C)cc1. The predicted molar refractivity (Wildman–Crippen MR) is 62.6 cm³/mol. The standard InChI is InChI=1S/C11H14N2S/c1-7-3-5-9(6-4-7)10-8(2)13-11(12)14-10/h3-6,8,10H,1-2H3,(H2,12,13)/t8-,10+/m1/s1. The van der Waals surface area contributed by atoms with Crippen molar-refractivity contribution in [1.82, 2.24) is 0 Å². The summed E-state index contributed by atoms with van der Waals surface area (Å²) < 4.78 is 0. The maximum atomic E-state index is 5.70. The van der Waals surface area contributed by atoms with Crippen LogP contribution in [0.15, 0.2) is 29.3 Å². The van der Waals surface area contributed by atoms with E-state index in [4.69, 9.17) is 5.73 Å². The lowest BCUT2D eigenvalue weighted by Gasteiger charge is -2.13. The highest BCUT2D eigenvalue weighted by atomic mass is 32.2. The van der Waals surface area contributed by atoms with Gasteiger partial charge in [-0.25, -0.2) is 0 Å². The van der Waals surface area contributed by atoms with E-state index in [1.807, 2.05) is 0 Å². The summed E-state index contributed by atoms with van der Waals surface area (Å²) in [6.07, 6.45) is 0. The molecule has 0 unspecified atom stereocenters. The minimum atomic E-state index is 0.294. The van der Waals surface area contributed by atoms with Crippen LogP contribution in [-0.2, 0) is 0 Å². The van der Waals surface area contributed by atoms with Gasteiger partial charge in [-0.15, -0.1) is 0 Å². The Hall–Kier alpha value is -0.960. The van der Waals surface area contributed by atoms with Gasteiger partial charge in [-0.05, 0) is 19.4 Å². The maximum Gasteiger partial charge on any atom is 0.154 e. The highest BCUT2D eigenvalue weighted by Crippen LogP contribution is 2.38. The van der Waals surface area contributed by atoms with Crippen molar-refractivity contribution in [2.75, 3.05) is 0 Å². The van der Waals surface area contributed by atoms with E-state index in [-0.39, 0.29) is 0 Å². The van der Waals surface area contributed by atoms with E-state index >= 15 is 0 Å². The molecule has 2 rings (SSSR count). The molecule has 0 radical (unpaired) electrons. The van der Waals surface area contributed by atoms with E-state index in [9.17, 15) is 0 Å². The van der Waals surface area contributed by atoms with E-state index < -0.39 is 0 Å². The summed E-state index contributed by atoms with van der Waals surface area (Å²) in [5.74, 6) is 0. The molecule has 2 atom stereocenters. The monoisotopic (exact) mass is 206 g/mol. The Morgan fingerprint density at radius 3 is 2.43 bits per heavy atom. The molecule has 1 aromatic carbocycles. The highest BCUT2D eigenvalue weighted by Gasteiger charge is 2.26. The van der Waals surface area contributed by atoms with Crippen molar-refractivity contribution in [2.24, 2.45) is 10.7 Å². The van der Waals surface area contributed by atoms with Crippen LogP contribution in [0.1, 0.15) is 23.3 Å². The number of aliphatic imine (C=N–C) groups is 1. The summed E-state index contributed by atoms with van der Waals surface area (Å²) >= 11 is 1.66. The first-order chi connectivity index (χ1) is 6.66. The van der Waals surface area contributed by atoms with Gasteiger partial charge in [0.05, 0.1) is 11.3 Å². The van der Waals surface area contributed by atoms with Gasteiger partial charge in [0.25, 0.3) is 0 Å². The Morgan fingerprint density at radius 2 is 1.93 bits per heavy atom. The van der Waals surface area contributed by atoms with Crippen LogP contribution in [0.2, 0.25) is 0 Å². The average Bonchev–Trinajstić information content (AvgIpc) is 2.47. The minimum absolute atomic E-state index is 0.294. The number of hydrogen-bond donors (Lipinski definition) is 1. The fourth-order valence-electron chi connectivity index (χ4n) is 1.63. The predicted octanol–water partition coefficient (Wildman–Crippen LogP) is 2.49. The second-order valence-corrected chi connectivity index (χ2v) is 4.82. The van der Waals surface area contributed by atoms with Crippen LogP contribution in [0.25, 0.3) is 0 Å². The molecule has 14 heavy (non-hydrogen) atoms. The van der Waals surface area contributed by atoms with Crippen LogP contribution in [0.5, 0.6) is 0 Å². The van der Waals surface area contributed by atoms with E-state index in [0.717, 1.165) is 0 Å². The first kappa shape index (κ1) is 9.59. The molecular weight excluding hydrogens is 192 g/mol. The summed E-state index contributed by atoms with van der Waals surface area (Å²) in [5.41, 5.74) is 8.30. The van der Waals surface area contributed by atoms with Crippen molar-refractivity contribution in [3.05, 3.63) is 35.4 Å². The molecule has 1 aromatic rings. The molecule has 0 amide bonds. The first-order valence-corrected chi connectivity index (χ1v) is 5.61. The van der Waals surface area contributed by atoms with Crippen molar-refractivity contribution in [3.63, 3.8) is 0 Å². The number of aryl methyl sites for hydroxylation is 1. The molecule has 0 aliphatic carbocycles. The van der Waals surface area contributed by atoms with Gasteiger partial charge >= 0.3 is 0 Å². The quantitative estimate of drug-likeness (QED) is 0.766. The zero-order valence-corrected chi connectivity index (χ0v) is 9.21. The Labute approximate surface area is 88.6 Å². The number of hydrogen-bond acceptors (Lipinski definition) is 3. The molecule has 2 nitrogen and oxygen atoms in total. The van der Waals surface area contributed by atoms with Crippen LogP contribution in [0.3, 0.4) is 0 Å². The molecule has 74 valence electrons. The van der Waals surface area contributed by atoms with Gasteiger partial charge in [-0.1, -0.05) is 41.6 Å². The summed E-state index contributed by atoms with van der Waals surface area (Å²) in [5, 5.41) is 1.11. The van der Waals surface area contributed by atoms with E-state index in [0.29, 0.717) is 16.5 Å². The van der Waals surface area contributed by atoms with Crippen molar-refractivity contribution < 1.29 is 0 Å². The molecule has 0 spiro atoms. The molecule has 0 aromatic heterocycles. The van der Waals surface area contributed by atoms with E-state index in [2.05, 4.69) is 43.1 Å². The maximum absolute atomic E-state index is 5.70. The molecule has 3 heteroatoms. The van der Waals surface area contributed by atoms with E-state index in [1.165, 1.54) is 11.1 Å². The third-order valence-electron chi connectivity index (χ3n) is 2.42. The second-order valence-electron chi connectivity index (χ2n) is 3.66. The van der Waals surface area contributed by atoms with Gasteiger partial charge in [0, 0.05) is 0 Å². The van der Waals surface area contributed by atoms with Gasteiger partial charge in [-0.2, -0.15) is 0 Å². The number of thioether (sulfide) groups is 1. The number of benzene rings is 1. The molecular formula is C11H14N2S. The zero-order valence-electron chi connectivity index (χ0n) is 8.40. The van der Waals surface area contributed by atoms with Crippen molar-refractivity contribution in [1.29, 1.82) is 0 Å². The van der Waals surface area contributed by atoms with Crippen molar-refractivity contribution in [3.8, 4) is 0 Å². The molecule has 1 heterocycles. The lowest BCUT2D eigenvalue weighted by Crippen LogP contribution is -2.04. The van der Waals surface area contributed by atoms with Crippen LogP contribution in [0, 0.1) is 6.92 Å². The van der Waals surface area contributed by atoms with Crippen molar-refractivity contribution >= 4 is 16.9 Å². The number of nitrogens with two attached hydrogens (primary N) is 1. The first-order valence-electron chi connectivity index (χ1n) is 4.73. The normalized spacial score (nSPS) is 26.3. The van der Waals surface area contributed by atoms with Crippen LogP contribution in [-0.4, -0.2) is 11.2 Å². The molecule has 1 aliphatic rings. The number of amidine groups is 1. The highest BCUT2D eigenvalue weighted by molar-refractivity contribution is 8.14. The lowest BCUT2D eigenvalue weighted by atomic mass is 10.1. The molecule has 2 N–H and O–H groups in total. The van der Waals surface area contributed by atoms with Gasteiger partial charge in [0.2, 0.25) is 0 Å². The third-order valence-corrected chi connectivity index (χ3v) is 3.69. The topological polar surface area (TPSA) is 38.4 Å².